The highest BCUT2D eigenvalue weighted by atomic mass is 15.0. The maximum atomic E-state index is 5.30. The van der Waals surface area contributed by atoms with Gasteiger partial charge in [0.15, 0.2) is 11.6 Å². The summed E-state index contributed by atoms with van der Waals surface area (Å²) in [4.78, 5) is 12.7. The monoisotopic (exact) mass is 218 g/mol. The maximum absolute atomic E-state index is 5.30. The SMILES string of the molecule is Cc1cn2cc(C)nc2c(CN=C(N)N)n1. The molecule has 16 heavy (non-hydrogen) atoms. The summed E-state index contributed by atoms with van der Waals surface area (Å²) >= 11 is 0. The Morgan fingerprint density at radius 2 is 1.88 bits per heavy atom. The summed E-state index contributed by atoms with van der Waals surface area (Å²) in [5.41, 5.74) is 14.0. The summed E-state index contributed by atoms with van der Waals surface area (Å²) in [7, 11) is 0. The summed E-state index contributed by atoms with van der Waals surface area (Å²) in [6, 6.07) is 0. The fraction of sp³-hybridized carbons (Fsp3) is 0.300. The predicted molar refractivity (Wildman–Crippen MR) is 62.0 cm³/mol. The molecular formula is C10H14N6. The van der Waals surface area contributed by atoms with Gasteiger partial charge in [-0.25, -0.2) is 9.98 Å². The van der Waals surface area contributed by atoms with Gasteiger partial charge in [0.25, 0.3) is 0 Å². The Morgan fingerprint density at radius 1 is 1.25 bits per heavy atom. The molecule has 0 unspecified atom stereocenters. The summed E-state index contributed by atoms with van der Waals surface area (Å²) < 4.78 is 1.94. The minimum atomic E-state index is 0.0599. The van der Waals surface area contributed by atoms with Gasteiger partial charge >= 0.3 is 0 Å². The Morgan fingerprint density at radius 3 is 2.50 bits per heavy atom. The van der Waals surface area contributed by atoms with Crippen molar-refractivity contribution in [2.24, 2.45) is 16.5 Å². The summed E-state index contributed by atoms with van der Waals surface area (Å²) in [6.07, 6.45) is 3.87. The number of hydrogen-bond acceptors (Lipinski definition) is 3. The van der Waals surface area contributed by atoms with Gasteiger partial charge in [-0.1, -0.05) is 0 Å². The Balaban J connectivity index is 2.53. The predicted octanol–water partition coefficient (Wildman–Crippen LogP) is 0.120. The minimum absolute atomic E-state index is 0.0599. The molecule has 0 saturated heterocycles. The van der Waals surface area contributed by atoms with Crippen LogP contribution in [0.1, 0.15) is 17.1 Å². The van der Waals surface area contributed by atoms with E-state index >= 15 is 0 Å². The quantitative estimate of drug-likeness (QED) is 0.553. The Hall–Kier alpha value is -2.11. The third-order valence-corrected chi connectivity index (χ3v) is 2.16. The largest absolute Gasteiger partial charge is 0.370 e. The zero-order chi connectivity index (χ0) is 11.7. The molecule has 84 valence electrons. The van der Waals surface area contributed by atoms with Gasteiger partial charge in [-0.05, 0) is 13.8 Å². The maximum Gasteiger partial charge on any atom is 0.186 e. The van der Waals surface area contributed by atoms with Crippen LogP contribution < -0.4 is 11.5 Å². The van der Waals surface area contributed by atoms with E-state index in [0.717, 1.165) is 22.7 Å². The van der Waals surface area contributed by atoms with Gasteiger partial charge < -0.3 is 15.9 Å². The molecule has 0 bridgehead atoms. The fourth-order valence-electron chi connectivity index (χ4n) is 1.59. The smallest absolute Gasteiger partial charge is 0.186 e. The molecule has 0 aliphatic heterocycles. The zero-order valence-electron chi connectivity index (χ0n) is 9.31. The highest BCUT2D eigenvalue weighted by Gasteiger charge is 2.06. The molecule has 0 amide bonds. The number of fused-ring (bicyclic) bond motifs is 1. The lowest BCUT2D eigenvalue weighted by Gasteiger charge is -2.02. The van der Waals surface area contributed by atoms with Crippen LogP contribution in [0.5, 0.6) is 0 Å². The van der Waals surface area contributed by atoms with Gasteiger partial charge in [0.2, 0.25) is 0 Å². The number of nitrogens with zero attached hydrogens (tertiary/aromatic N) is 4. The molecule has 0 atom stereocenters. The Labute approximate surface area is 93.0 Å². The number of aromatic nitrogens is 3. The van der Waals surface area contributed by atoms with Crippen molar-refractivity contribution in [3.8, 4) is 0 Å². The highest BCUT2D eigenvalue weighted by molar-refractivity contribution is 5.75. The van der Waals surface area contributed by atoms with E-state index in [1.807, 2.05) is 30.6 Å². The molecule has 2 aromatic heterocycles. The standard InChI is InChI=1S/C10H14N6/c1-6-4-16-5-7(2)15-9(16)8(14-6)3-13-10(11)12/h4-5H,3H2,1-2H3,(H4,11,12,13). The second-order valence-electron chi connectivity index (χ2n) is 3.68. The van der Waals surface area contributed by atoms with Crippen molar-refractivity contribution >= 4 is 11.6 Å². The second kappa shape index (κ2) is 3.80. The van der Waals surface area contributed by atoms with Crippen molar-refractivity contribution in [2.75, 3.05) is 0 Å². The van der Waals surface area contributed by atoms with Gasteiger partial charge in [-0.3, -0.25) is 4.98 Å². The molecule has 0 aliphatic carbocycles. The van der Waals surface area contributed by atoms with E-state index in [0.29, 0.717) is 6.54 Å². The molecule has 0 spiro atoms. The van der Waals surface area contributed by atoms with Crippen molar-refractivity contribution in [1.29, 1.82) is 0 Å². The van der Waals surface area contributed by atoms with Crippen LogP contribution in [0.25, 0.3) is 5.65 Å². The number of aryl methyl sites for hydroxylation is 2. The number of imidazole rings is 1. The average molecular weight is 218 g/mol. The lowest BCUT2D eigenvalue weighted by Crippen LogP contribution is -2.22. The first kappa shape index (κ1) is 10.4. The number of hydrogen-bond donors (Lipinski definition) is 2. The van der Waals surface area contributed by atoms with Crippen molar-refractivity contribution in [3.05, 3.63) is 29.5 Å². The molecule has 0 aromatic carbocycles. The Kier molecular flexibility index (Phi) is 2.47. The molecule has 0 saturated carbocycles. The first-order valence-corrected chi connectivity index (χ1v) is 4.93. The van der Waals surface area contributed by atoms with Crippen molar-refractivity contribution in [1.82, 2.24) is 14.4 Å². The van der Waals surface area contributed by atoms with Crippen LogP contribution in [0.4, 0.5) is 0 Å². The van der Waals surface area contributed by atoms with Crippen LogP contribution in [-0.2, 0) is 6.54 Å². The van der Waals surface area contributed by atoms with Gasteiger partial charge in [0.05, 0.1) is 17.9 Å². The zero-order valence-corrected chi connectivity index (χ0v) is 9.31. The van der Waals surface area contributed by atoms with E-state index in [9.17, 15) is 0 Å². The van der Waals surface area contributed by atoms with Gasteiger partial charge in [-0.2, -0.15) is 0 Å². The van der Waals surface area contributed by atoms with E-state index < -0.39 is 0 Å². The number of nitrogens with two attached hydrogens (primary N) is 2. The summed E-state index contributed by atoms with van der Waals surface area (Å²) in [6.45, 7) is 4.21. The van der Waals surface area contributed by atoms with E-state index in [1.54, 1.807) is 0 Å². The van der Waals surface area contributed by atoms with Crippen LogP contribution >= 0.6 is 0 Å². The molecule has 2 heterocycles. The van der Waals surface area contributed by atoms with Crippen molar-refractivity contribution in [3.63, 3.8) is 0 Å². The lowest BCUT2D eigenvalue weighted by molar-refractivity contribution is 0.933. The normalized spacial score (nSPS) is 10.6. The molecule has 0 fully saturated rings. The van der Waals surface area contributed by atoms with E-state index in [4.69, 9.17) is 11.5 Å². The third kappa shape index (κ3) is 1.95. The van der Waals surface area contributed by atoms with Gasteiger partial charge in [-0.15, -0.1) is 0 Å². The summed E-state index contributed by atoms with van der Waals surface area (Å²) in [5, 5.41) is 0. The van der Waals surface area contributed by atoms with Crippen LogP contribution in [0.2, 0.25) is 0 Å². The third-order valence-electron chi connectivity index (χ3n) is 2.16. The van der Waals surface area contributed by atoms with Crippen molar-refractivity contribution < 1.29 is 0 Å². The van der Waals surface area contributed by atoms with Crippen LogP contribution in [-0.4, -0.2) is 20.3 Å². The van der Waals surface area contributed by atoms with E-state index in [-0.39, 0.29) is 5.96 Å². The van der Waals surface area contributed by atoms with Crippen molar-refractivity contribution in [2.45, 2.75) is 20.4 Å². The molecule has 6 nitrogen and oxygen atoms in total. The lowest BCUT2D eigenvalue weighted by atomic mass is 10.4. The highest BCUT2D eigenvalue weighted by Crippen LogP contribution is 2.11. The number of rotatable bonds is 2. The van der Waals surface area contributed by atoms with Crippen LogP contribution in [0, 0.1) is 13.8 Å². The topological polar surface area (TPSA) is 94.6 Å². The summed E-state index contributed by atoms with van der Waals surface area (Å²) in [5.74, 6) is 0.0599. The molecule has 4 N–H and O–H groups in total. The average Bonchev–Trinajstić information content (AvgIpc) is 2.54. The van der Waals surface area contributed by atoms with Gasteiger partial charge in [0.1, 0.15) is 5.69 Å². The van der Waals surface area contributed by atoms with Crippen LogP contribution in [0.3, 0.4) is 0 Å². The first-order chi connectivity index (χ1) is 7.56. The molecule has 2 aromatic rings. The molecule has 2 rings (SSSR count). The van der Waals surface area contributed by atoms with Gasteiger partial charge in [0, 0.05) is 12.4 Å². The van der Waals surface area contributed by atoms with E-state index in [2.05, 4.69) is 15.0 Å². The molecule has 6 heteroatoms. The molecule has 0 radical (unpaired) electrons. The number of aliphatic imine (C=N–C) groups is 1. The fourth-order valence-corrected chi connectivity index (χ4v) is 1.59. The van der Waals surface area contributed by atoms with E-state index in [1.165, 1.54) is 0 Å². The first-order valence-electron chi connectivity index (χ1n) is 4.93. The second-order valence-corrected chi connectivity index (χ2v) is 3.68. The Bertz CT molecular complexity index is 550. The minimum Gasteiger partial charge on any atom is -0.370 e. The number of guanidine groups is 1. The molecular weight excluding hydrogens is 204 g/mol. The van der Waals surface area contributed by atoms with Crippen LogP contribution in [0.15, 0.2) is 17.4 Å². The molecule has 0 aliphatic rings.